The second-order valence-corrected chi connectivity index (χ2v) is 2.15. The number of Topliss-reactive ketones (excluding diaryl/α,β-unsaturated/α-hetero) is 1. The van der Waals surface area contributed by atoms with Crippen molar-refractivity contribution in [3.8, 4) is 0 Å². The fraction of sp³-hybridized carbons (Fsp3) is 0.500. The van der Waals surface area contributed by atoms with Gasteiger partial charge in [-0.05, 0) is 13.8 Å². The van der Waals surface area contributed by atoms with Crippen LogP contribution >= 0.6 is 0 Å². The quantitative estimate of drug-likeness (QED) is 0.600. The van der Waals surface area contributed by atoms with Crippen LogP contribution in [0.4, 0.5) is 0 Å². The number of carbonyl (C=O) groups is 1. The van der Waals surface area contributed by atoms with Gasteiger partial charge in [-0.15, -0.1) is 5.10 Å². The van der Waals surface area contributed by atoms with Crippen molar-refractivity contribution in [2.75, 3.05) is 0 Å². The molecule has 54 valence electrons. The molecular formula is C6H8N2O2. The van der Waals surface area contributed by atoms with E-state index in [0.29, 0.717) is 17.9 Å². The molecule has 0 radical (unpaired) electrons. The lowest BCUT2D eigenvalue weighted by Crippen LogP contribution is -1.97. The summed E-state index contributed by atoms with van der Waals surface area (Å²) >= 11 is 0. The lowest BCUT2D eigenvalue weighted by atomic mass is 10.2. The van der Waals surface area contributed by atoms with Crippen LogP contribution in [-0.2, 0) is 11.2 Å². The normalized spacial score (nSPS) is 9.80. The van der Waals surface area contributed by atoms with Gasteiger partial charge in [0, 0.05) is 5.27 Å². The molecule has 0 fully saturated rings. The molecule has 1 aromatic heterocycles. The monoisotopic (exact) mass is 140 g/mol. The third-order valence-electron chi connectivity index (χ3n) is 1.16. The maximum atomic E-state index is 10.6. The van der Waals surface area contributed by atoms with Crippen molar-refractivity contribution in [2.24, 2.45) is 0 Å². The van der Waals surface area contributed by atoms with E-state index in [2.05, 4.69) is 14.9 Å². The summed E-state index contributed by atoms with van der Waals surface area (Å²) in [7, 11) is 0. The van der Waals surface area contributed by atoms with Crippen molar-refractivity contribution in [1.29, 1.82) is 0 Å². The second-order valence-electron chi connectivity index (χ2n) is 2.15. The van der Waals surface area contributed by atoms with Gasteiger partial charge in [-0.2, -0.15) is 0 Å². The first-order valence-electron chi connectivity index (χ1n) is 2.97. The Morgan fingerprint density at radius 3 is 2.80 bits per heavy atom. The van der Waals surface area contributed by atoms with Crippen molar-refractivity contribution in [1.82, 2.24) is 10.4 Å². The third-order valence-corrected chi connectivity index (χ3v) is 1.16. The van der Waals surface area contributed by atoms with Crippen LogP contribution in [-0.4, -0.2) is 16.2 Å². The summed E-state index contributed by atoms with van der Waals surface area (Å²) < 4.78 is 4.65. The Labute approximate surface area is 58.2 Å². The van der Waals surface area contributed by atoms with E-state index in [1.165, 1.54) is 6.92 Å². The standard InChI is InChI=1S/C6H8N2O2/c1-4(9)3-6-5(2)10-8-7-6/h3H2,1-2H3. The summed E-state index contributed by atoms with van der Waals surface area (Å²) in [4.78, 5) is 10.6. The van der Waals surface area contributed by atoms with Crippen molar-refractivity contribution in [3.63, 3.8) is 0 Å². The Bertz CT molecular complexity index is 242. The smallest absolute Gasteiger partial charge is 0.157 e. The number of nitrogens with zero attached hydrogens (tertiary/aromatic N) is 2. The van der Waals surface area contributed by atoms with Gasteiger partial charge < -0.3 is 4.52 Å². The minimum absolute atomic E-state index is 0.0683. The second kappa shape index (κ2) is 2.60. The van der Waals surface area contributed by atoms with Gasteiger partial charge in [-0.1, -0.05) is 0 Å². The first-order valence-corrected chi connectivity index (χ1v) is 2.97. The first kappa shape index (κ1) is 6.92. The van der Waals surface area contributed by atoms with Crippen molar-refractivity contribution in [2.45, 2.75) is 20.3 Å². The molecular weight excluding hydrogens is 132 g/mol. The molecule has 0 amide bonds. The minimum Gasteiger partial charge on any atom is -0.342 e. The summed E-state index contributed by atoms with van der Waals surface area (Å²) in [5, 5.41) is 6.92. The van der Waals surface area contributed by atoms with Crippen LogP contribution < -0.4 is 0 Å². The van der Waals surface area contributed by atoms with Crippen LogP contribution in [0.3, 0.4) is 0 Å². The highest BCUT2D eigenvalue weighted by atomic mass is 16.5. The largest absolute Gasteiger partial charge is 0.342 e. The van der Waals surface area contributed by atoms with Crippen molar-refractivity contribution < 1.29 is 9.32 Å². The van der Waals surface area contributed by atoms with Gasteiger partial charge in [0.25, 0.3) is 0 Å². The van der Waals surface area contributed by atoms with E-state index in [4.69, 9.17) is 0 Å². The van der Waals surface area contributed by atoms with E-state index in [0.717, 1.165) is 0 Å². The van der Waals surface area contributed by atoms with Gasteiger partial charge in [0.2, 0.25) is 0 Å². The molecule has 0 spiro atoms. The average Bonchev–Trinajstić information content (AvgIpc) is 2.15. The fourth-order valence-corrected chi connectivity index (χ4v) is 0.650. The Kier molecular flexibility index (Phi) is 1.80. The van der Waals surface area contributed by atoms with E-state index < -0.39 is 0 Å². The van der Waals surface area contributed by atoms with Gasteiger partial charge in [0.1, 0.15) is 11.5 Å². The summed E-state index contributed by atoms with van der Waals surface area (Å²) in [6, 6.07) is 0. The lowest BCUT2D eigenvalue weighted by Gasteiger charge is -1.86. The molecule has 0 unspecified atom stereocenters. The van der Waals surface area contributed by atoms with E-state index in [1.54, 1.807) is 6.92 Å². The zero-order valence-corrected chi connectivity index (χ0v) is 5.92. The van der Waals surface area contributed by atoms with E-state index >= 15 is 0 Å². The number of aryl methyl sites for hydroxylation is 1. The molecule has 10 heavy (non-hydrogen) atoms. The molecule has 0 atom stereocenters. The predicted molar refractivity (Wildman–Crippen MR) is 33.4 cm³/mol. The number of hydrogen-bond donors (Lipinski definition) is 0. The van der Waals surface area contributed by atoms with Gasteiger partial charge in [0.15, 0.2) is 5.76 Å². The summed E-state index contributed by atoms with van der Waals surface area (Å²) in [5.74, 6) is 0.689. The lowest BCUT2D eigenvalue weighted by molar-refractivity contribution is -0.116. The van der Waals surface area contributed by atoms with Crippen LogP contribution in [0.1, 0.15) is 18.4 Å². The molecule has 0 bridgehead atoms. The number of aromatic nitrogens is 2. The molecule has 1 rings (SSSR count). The summed E-state index contributed by atoms with van der Waals surface area (Å²) in [6.45, 7) is 3.24. The molecule has 0 aromatic carbocycles. The van der Waals surface area contributed by atoms with E-state index in [9.17, 15) is 4.79 Å². The zero-order valence-electron chi connectivity index (χ0n) is 5.92. The highest BCUT2D eigenvalue weighted by Gasteiger charge is 2.06. The Morgan fingerprint density at radius 2 is 2.40 bits per heavy atom. The molecule has 0 aliphatic carbocycles. The zero-order chi connectivity index (χ0) is 7.56. The molecule has 1 aromatic rings. The molecule has 0 aliphatic heterocycles. The highest BCUT2D eigenvalue weighted by molar-refractivity contribution is 5.77. The van der Waals surface area contributed by atoms with Crippen molar-refractivity contribution >= 4 is 5.78 Å². The molecule has 1 heterocycles. The average molecular weight is 140 g/mol. The van der Waals surface area contributed by atoms with Gasteiger partial charge >= 0.3 is 0 Å². The summed E-state index contributed by atoms with van der Waals surface area (Å²) in [5.41, 5.74) is 0.632. The van der Waals surface area contributed by atoms with Crippen LogP contribution in [0.5, 0.6) is 0 Å². The fourth-order valence-electron chi connectivity index (χ4n) is 0.650. The first-order chi connectivity index (χ1) is 4.70. The Morgan fingerprint density at radius 1 is 1.70 bits per heavy atom. The van der Waals surface area contributed by atoms with Crippen LogP contribution in [0.25, 0.3) is 0 Å². The van der Waals surface area contributed by atoms with Crippen molar-refractivity contribution in [3.05, 3.63) is 11.5 Å². The Balaban J connectivity index is 2.74. The number of ketones is 1. The number of carbonyl (C=O) groups excluding carboxylic acids is 1. The maximum absolute atomic E-state index is 10.6. The van der Waals surface area contributed by atoms with E-state index in [1.807, 2.05) is 0 Å². The van der Waals surface area contributed by atoms with Gasteiger partial charge in [-0.3, -0.25) is 4.79 Å². The molecule has 0 saturated heterocycles. The van der Waals surface area contributed by atoms with E-state index in [-0.39, 0.29) is 5.78 Å². The number of rotatable bonds is 2. The molecule has 0 N–H and O–H groups in total. The maximum Gasteiger partial charge on any atom is 0.157 e. The molecule has 0 aliphatic rings. The SMILES string of the molecule is CC(=O)Cc1nnoc1C. The van der Waals surface area contributed by atoms with Gasteiger partial charge in [0.05, 0.1) is 6.42 Å². The Hall–Kier alpha value is -1.19. The molecule has 0 saturated carbocycles. The van der Waals surface area contributed by atoms with Gasteiger partial charge in [-0.25, -0.2) is 0 Å². The topological polar surface area (TPSA) is 56.0 Å². The summed E-state index contributed by atoms with van der Waals surface area (Å²) in [6.07, 6.45) is 0.315. The number of hydrogen-bond acceptors (Lipinski definition) is 4. The van der Waals surface area contributed by atoms with Crippen LogP contribution in [0, 0.1) is 6.92 Å². The third kappa shape index (κ3) is 1.40. The molecule has 4 heteroatoms. The minimum atomic E-state index is 0.0683. The van der Waals surface area contributed by atoms with Crippen LogP contribution in [0.15, 0.2) is 4.52 Å². The molecule has 4 nitrogen and oxygen atoms in total. The predicted octanol–water partition coefficient (Wildman–Crippen LogP) is 0.510. The highest BCUT2D eigenvalue weighted by Crippen LogP contribution is 2.02. The van der Waals surface area contributed by atoms with Crippen LogP contribution in [0.2, 0.25) is 0 Å².